The summed E-state index contributed by atoms with van der Waals surface area (Å²) in [6.45, 7) is 11.9. The maximum atomic E-state index is 11.5. The van der Waals surface area contributed by atoms with E-state index < -0.39 is 11.9 Å². The molecule has 0 bridgehead atoms. The number of hydrogen-bond acceptors (Lipinski definition) is 8. The average molecular weight is 493 g/mol. The molecule has 0 saturated heterocycles. The van der Waals surface area contributed by atoms with Crippen LogP contribution in [0.15, 0.2) is 93.5 Å². The molecule has 0 amide bonds. The highest BCUT2D eigenvalue weighted by molar-refractivity contribution is 5.87. The van der Waals surface area contributed by atoms with Crippen molar-refractivity contribution in [3.05, 3.63) is 84.0 Å². The Labute approximate surface area is 211 Å². The summed E-state index contributed by atoms with van der Waals surface area (Å²) >= 11 is 0. The zero-order chi connectivity index (χ0) is 26.5. The maximum Gasteiger partial charge on any atom is 0.333 e. The van der Waals surface area contributed by atoms with E-state index in [2.05, 4.69) is 33.8 Å². The highest BCUT2D eigenvalue weighted by Crippen LogP contribution is 2.16. The minimum Gasteiger partial charge on any atom is -0.457 e. The van der Waals surface area contributed by atoms with Crippen molar-refractivity contribution in [3.63, 3.8) is 0 Å². The predicted octanol–water partition coefficient (Wildman–Crippen LogP) is 5.49. The first-order chi connectivity index (χ1) is 17.1. The molecule has 0 atom stereocenters. The third kappa shape index (κ3) is 10.3. The van der Waals surface area contributed by atoms with Crippen molar-refractivity contribution in [2.45, 2.75) is 27.1 Å². The summed E-state index contributed by atoms with van der Waals surface area (Å²) in [6, 6.07) is 14.5. The average Bonchev–Trinajstić information content (AvgIpc) is 2.87. The number of likely N-dealkylation sites (N-methyl/N-ethyl adjacent to an activating group) is 2. The first-order valence-electron chi connectivity index (χ1n) is 11.2. The first kappa shape index (κ1) is 27.9. The van der Waals surface area contributed by atoms with Crippen molar-refractivity contribution in [2.24, 2.45) is 20.7 Å². The van der Waals surface area contributed by atoms with Crippen LogP contribution in [-0.2, 0) is 32.3 Å². The second kappa shape index (κ2) is 14.1. The molecule has 2 aromatic carbocycles. The van der Waals surface area contributed by atoms with Crippen molar-refractivity contribution in [3.8, 4) is 0 Å². The Morgan fingerprint density at radius 3 is 1.33 bits per heavy atom. The van der Waals surface area contributed by atoms with Gasteiger partial charge < -0.3 is 9.47 Å². The van der Waals surface area contributed by atoms with Gasteiger partial charge in [-0.1, -0.05) is 47.9 Å². The normalized spacial score (nSPS) is 10.9. The van der Waals surface area contributed by atoms with Crippen LogP contribution in [0.2, 0.25) is 0 Å². The van der Waals surface area contributed by atoms with E-state index in [1.807, 2.05) is 38.4 Å². The summed E-state index contributed by atoms with van der Waals surface area (Å²) in [5, 5.41) is 20.2. The first-order valence-corrected chi connectivity index (χ1v) is 11.2. The van der Waals surface area contributed by atoms with Crippen LogP contribution < -0.4 is 0 Å². The molecule has 0 saturated carbocycles. The number of nitrogens with zero attached hydrogens (tertiary/aromatic N) is 6. The molecule has 36 heavy (non-hydrogen) atoms. The topological polar surface area (TPSA) is 109 Å². The maximum absolute atomic E-state index is 11.5. The lowest BCUT2D eigenvalue weighted by atomic mass is 10.2. The molecular weight excluding hydrogens is 460 g/mol. The number of esters is 2. The van der Waals surface area contributed by atoms with Gasteiger partial charge in [0.1, 0.15) is 13.2 Å². The lowest BCUT2D eigenvalue weighted by Gasteiger charge is -2.15. The second-order valence-electron chi connectivity index (χ2n) is 8.19. The summed E-state index contributed by atoms with van der Waals surface area (Å²) < 4.78 is 10.2. The van der Waals surface area contributed by atoms with E-state index in [1.165, 1.54) is 0 Å². The minimum absolute atomic E-state index is 0.179. The molecule has 0 heterocycles. The van der Waals surface area contributed by atoms with Gasteiger partial charge in [-0.25, -0.2) is 9.59 Å². The molecule has 0 spiro atoms. The lowest BCUT2D eigenvalue weighted by Crippen LogP contribution is -2.24. The Hall–Kier alpha value is -4.34. The summed E-state index contributed by atoms with van der Waals surface area (Å²) in [7, 11) is 3.64. The molecule has 0 aliphatic carbocycles. The van der Waals surface area contributed by atoms with Gasteiger partial charge in [-0.2, -0.15) is 0 Å². The Balaban J connectivity index is 1.74. The Morgan fingerprint density at radius 1 is 0.694 bits per heavy atom. The number of hydrogen-bond donors (Lipinski definition) is 0. The van der Waals surface area contributed by atoms with Crippen molar-refractivity contribution >= 4 is 23.3 Å². The number of benzene rings is 2. The van der Waals surface area contributed by atoms with E-state index in [4.69, 9.17) is 9.47 Å². The largest absolute Gasteiger partial charge is 0.457 e. The number of carbonyl (C=O) groups excluding carboxylic acids is 2. The van der Waals surface area contributed by atoms with Gasteiger partial charge in [-0.3, -0.25) is 10.0 Å². The van der Waals surface area contributed by atoms with Crippen LogP contribution in [0.4, 0.5) is 11.4 Å². The third-order valence-corrected chi connectivity index (χ3v) is 4.68. The van der Waals surface area contributed by atoms with Gasteiger partial charge in [0.05, 0.1) is 24.5 Å². The summed E-state index contributed by atoms with van der Waals surface area (Å²) in [4.78, 5) is 22.9. The third-order valence-electron chi connectivity index (χ3n) is 4.68. The molecular formula is C26H32N6O4. The van der Waals surface area contributed by atoms with Crippen LogP contribution in [0, 0.1) is 0 Å². The highest BCUT2D eigenvalue weighted by atomic mass is 16.5. The molecule has 2 aromatic rings. The van der Waals surface area contributed by atoms with Gasteiger partial charge in [0, 0.05) is 25.2 Å². The van der Waals surface area contributed by atoms with E-state index in [0.717, 1.165) is 11.1 Å². The summed E-state index contributed by atoms with van der Waals surface area (Å²) in [5.74, 6) is -0.830. The quantitative estimate of drug-likeness (QED) is 0.158. The molecule has 10 nitrogen and oxygen atoms in total. The van der Waals surface area contributed by atoms with Crippen LogP contribution in [0.25, 0.3) is 0 Å². The molecule has 0 aliphatic heterocycles. The molecule has 0 aliphatic rings. The fraction of sp³-hybridized carbons (Fsp3) is 0.308. The lowest BCUT2D eigenvalue weighted by molar-refractivity contribution is -0.141. The predicted molar refractivity (Wildman–Crippen MR) is 136 cm³/mol. The van der Waals surface area contributed by atoms with Crippen molar-refractivity contribution in [1.29, 1.82) is 0 Å². The van der Waals surface area contributed by atoms with E-state index >= 15 is 0 Å². The summed E-state index contributed by atoms with van der Waals surface area (Å²) in [5.41, 5.74) is 3.80. The smallest absolute Gasteiger partial charge is 0.333 e. The Kier molecular flexibility index (Phi) is 11.0. The standard InChI is InChI=1S/C26H32N6O4/c1-19(2)25(33)35-17-21-7-11-23(12-8-21)27-29-31(5)15-16-32(6)30-28-24-13-9-22(10-14-24)18-36-26(34)20(3)4/h7-14H,1,3,15-18H2,2,4-6H3. The van der Waals surface area contributed by atoms with E-state index in [1.54, 1.807) is 48.1 Å². The van der Waals surface area contributed by atoms with Crippen LogP contribution in [-0.4, -0.2) is 49.1 Å². The van der Waals surface area contributed by atoms with Crippen molar-refractivity contribution < 1.29 is 19.1 Å². The zero-order valence-corrected chi connectivity index (χ0v) is 21.2. The van der Waals surface area contributed by atoms with Crippen LogP contribution in [0.3, 0.4) is 0 Å². The zero-order valence-electron chi connectivity index (χ0n) is 21.2. The van der Waals surface area contributed by atoms with E-state index in [9.17, 15) is 9.59 Å². The van der Waals surface area contributed by atoms with Crippen LogP contribution >= 0.6 is 0 Å². The number of rotatable bonds is 13. The van der Waals surface area contributed by atoms with E-state index in [-0.39, 0.29) is 13.2 Å². The monoisotopic (exact) mass is 492 g/mol. The van der Waals surface area contributed by atoms with Gasteiger partial charge >= 0.3 is 11.9 Å². The molecule has 0 unspecified atom stereocenters. The highest BCUT2D eigenvalue weighted by Gasteiger charge is 2.05. The number of ether oxygens (including phenoxy) is 2. The van der Waals surface area contributed by atoms with Crippen LogP contribution in [0.5, 0.6) is 0 Å². The van der Waals surface area contributed by atoms with Crippen LogP contribution in [0.1, 0.15) is 25.0 Å². The molecule has 0 radical (unpaired) electrons. The molecule has 190 valence electrons. The van der Waals surface area contributed by atoms with Crippen molar-refractivity contribution in [2.75, 3.05) is 27.2 Å². The minimum atomic E-state index is -0.415. The van der Waals surface area contributed by atoms with Gasteiger partial charge in [-0.05, 0) is 49.2 Å². The Bertz CT molecular complexity index is 1020. The SMILES string of the molecule is C=C(C)C(=O)OCc1ccc(N=NN(C)CCN(C)N=Nc2ccc(COC(=O)C(=C)C)cc2)cc1. The van der Waals surface area contributed by atoms with Gasteiger partial charge in [0.25, 0.3) is 0 Å². The van der Waals surface area contributed by atoms with E-state index in [0.29, 0.717) is 35.6 Å². The fourth-order valence-corrected chi connectivity index (χ4v) is 2.50. The van der Waals surface area contributed by atoms with Gasteiger partial charge in [-0.15, -0.1) is 10.2 Å². The molecule has 2 rings (SSSR count). The molecule has 0 aromatic heterocycles. The molecule has 0 fully saturated rings. The Morgan fingerprint density at radius 2 is 1.03 bits per heavy atom. The second-order valence-corrected chi connectivity index (χ2v) is 8.19. The van der Waals surface area contributed by atoms with Gasteiger partial charge in [0.2, 0.25) is 0 Å². The molecule has 0 N–H and O–H groups in total. The molecule has 10 heteroatoms. The van der Waals surface area contributed by atoms with Crippen molar-refractivity contribution in [1.82, 2.24) is 10.0 Å². The fourth-order valence-electron chi connectivity index (χ4n) is 2.50. The van der Waals surface area contributed by atoms with Gasteiger partial charge in [0.15, 0.2) is 0 Å². The number of carbonyl (C=O) groups is 2. The summed E-state index contributed by atoms with van der Waals surface area (Å²) in [6.07, 6.45) is 0.